The van der Waals surface area contributed by atoms with Crippen molar-refractivity contribution in [2.45, 2.75) is 226 Å². The molecule has 252 valence electrons. The molecule has 0 atom stereocenters. The van der Waals surface area contributed by atoms with E-state index in [9.17, 15) is 0 Å². The fourth-order valence-corrected chi connectivity index (χ4v) is 7.38. The molecule has 0 bridgehead atoms. The Morgan fingerprint density at radius 2 is 0.721 bits per heavy atom. The van der Waals surface area contributed by atoms with Gasteiger partial charge >= 0.3 is 0 Å². The maximum Gasteiger partial charge on any atom is 0.0158 e. The van der Waals surface area contributed by atoms with Crippen molar-refractivity contribution in [2.75, 3.05) is 6.54 Å². The molecule has 0 N–H and O–H groups in total. The Bertz CT molecular complexity index is 665. The third-order valence-electron chi connectivity index (χ3n) is 10.2. The average Bonchev–Trinajstić information content (AvgIpc) is 2.98. The number of benzene rings is 1. The molecule has 0 saturated carbocycles. The summed E-state index contributed by atoms with van der Waals surface area (Å²) in [5.74, 6) is 0. The minimum Gasteiger partial charge on any atom is -0.293 e. The van der Waals surface area contributed by atoms with Crippen molar-refractivity contribution in [1.29, 1.82) is 0 Å². The third kappa shape index (κ3) is 21.5. The normalized spacial score (nSPS) is 12.4. The number of nitrogens with zero attached hydrogens (tertiary/aromatic N) is 1. The summed E-state index contributed by atoms with van der Waals surface area (Å²) < 4.78 is 0. The molecule has 0 aliphatic heterocycles. The number of hydrogen-bond donors (Lipinski definition) is 0. The summed E-state index contributed by atoms with van der Waals surface area (Å²) >= 11 is 0. The fourth-order valence-electron chi connectivity index (χ4n) is 7.38. The fraction of sp³-hybridized carbons (Fsp3) is 0.857. The Balaban J connectivity index is 2.40. The summed E-state index contributed by atoms with van der Waals surface area (Å²) in [6.07, 6.45) is 38.2. The average molecular weight is 598 g/mol. The smallest absolute Gasteiger partial charge is 0.0158 e. The summed E-state index contributed by atoms with van der Waals surface area (Å²) in [6.45, 7) is 16.0. The maximum absolute atomic E-state index is 2.91. The zero-order valence-electron chi connectivity index (χ0n) is 30.6. The largest absolute Gasteiger partial charge is 0.293 e. The van der Waals surface area contributed by atoms with E-state index in [0.29, 0.717) is 0 Å². The summed E-state index contributed by atoms with van der Waals surface area (Å²) in [4.78, 5) is 2.91. The number of unbranched alkanes of at least 4 members (excludes halogenated alkanes) is 22. The van der Waals surface area contributed by atoms with Gasteiger partial charge in [0.2, 0.25) is 0 Å². The van der Waals surface area contributed by atoms with Crippen LogP contribution < -0.4 is 0 Å². The van der Waals surface area contributed by atoms with Crippen molar-refractivity contribution in [1.82, 2.24) is 4.90 Å². The van der Waals surface area contributed by atoms with Crippen LogP contribution in [0.3, 0.4) is 0 Å². The zero-order valence-corrected chi connectivity index (χ0v) is 30.6. The minimum atomic E-state index is 0.244. The standard InChI is InChI=1S/C42H79N/c1-7-9-11-13-15-17-19-21-23-25-27-32-37-41(3,4)43(39-36-40-34-30-29-31-35-40)42(5,6)38-33-28-26-24-22-20-18-16-14-12-10-8-2/h29-31,34-35H,7-28,32-33,36-39H2,1-6H3. The van der Waals surface area contributed by atoms with Crippen LogP contribution in [0, 0.1) is 0 Å². The summed E-state index contributed by atoms with van der Waals surface area (Å²) in [6, 6.07) is 11.2. The van der Waals surface area contributed by atoms with E-state index < -0.39 is 0 Å². The molecule has 0 spiro atoms. The lowest BCUT2D eigenvalue weighted by atomic mass is 9.85. The van der Waals surface area contributed by atoms with Crippen molar-refractivity contribution in [3.05, 3.63) is 35.9 Å². The molecule has 0 aliphatic carbocycles. The maximum atomic E-state index is 2.91. The molecular formula is C42H79N. The van der Waals surface area contributed by atoms with E-state index in [-0.39, 0.29) is 11.1 Å². The summed E-state index contributed by atoms with van der Waals surface area (Å²) in [5, 5.41) is 0. The molecule has 0 heterocycles. The first kappa shape index (κ1) is 40.2. The van der Waals surface area contributed by atoms with E-state index in [2.05, 4.69) is 76.8 Å². The third-order valence-corrected chi connectivity index (χ3v) is 10.2. The van der Waals surface area contributed by atoms with E-state index in [0.717, 1.165) is 6.42 Å². The molecule has 0 aromatic heterocycles. The number of hydrogen-bond acceptors (Lipinski definition) is 1. The van der Waals surface area contributed by atoms with Crippen LogP contribution in [0.4, 0.5) is 0 Å². The van der Waals surface area contributed by atoms with E-state index in [4.69, 9.17) is 0 Å². The zero-order chi connectivity index (χ0) is 31.5. The molecular weight excluding hydrogens is 518 g/mol. The van der Waals surface area contributed by atoms with Crippen molar-refractivity contribution < 1.29 is 0 Å². The van der Waals surface area contributed by atoms with Gasteiger partial charge in [-0.2, -0.15) is 0 Å². The molecule has 1 nitrogen and oxygen atoms in total. The highest BCUT2D eigenvalue weighted by atomic mass is 15.2. The number of rotatable bonds is 31. The van der Waals surface area contributed by atoms with Gasteiger partial charge in [-0.05, 0) is 52.5 Å². The molecule has 0 radical (unpaired) electrons. The molecule has 1 rings (SSSR count). The highest BCUT2D eigenvalue weighted by Gasteiger charge is 2.36. The van der Waals surface area contributed by atoms with E-state index in [1.54, 1.807) is 0 Å². The van der Waals surface area contributed by atoms with Gasteiger partial charge in [-0.3, -0.25) is 4.90 Å². The van der Waals surface area contributed by atoms with E-state index in [1.165, 1.54) is 179 Å². The monoisotopic (exact) mass is 598 g/mol. The topological polar surface area (TPSA) is 3.24 Å². The van der Waals surface area contributed by atoms with Gasteiger partial charge in [0.1, 0.15) is 0 Å². The Labute approximate surface area is 272 Å². The first-order chi connectivity index (χ1) is 20.8. The second-order valence-electron chi connectivity index (χ2n) is 15.3. The predicted octanol–water partition coefficient (Wildman–Crippen LogP) is 14.3. The van der Waals surface area contributed by atoms with Crippen LogP contribution in [0.25, 0.3) is 0 Å². The lowest BCUT2D eigenvalue weighted by Crippen LogP contribution is -2.56. The van der Waals surface area contributed by atoms with Gasteiger partial charge in [0.15, 0.2) is 0 Å². The predicted molar refractivity (Wildman–Crippen MR) is 196 cm³/mol. The highest BCUT2D eigenvalue weighted by Crippen LogP contribution is 2.33. The molecule has 1 aromatic rings. The van der Waals surface area contributed by atoms with Crippen molar-refractivity contribution in [3.63, 3.8) is 0 Å². The Kier molecular flexibility index (Phi) is 24.7. The van der Waals surface area contributed by atoms with Gasteiger partial charge in [0.05, 0.1) is 0 Å². The Morgan fingerprint density at radius 3 is 1.05 bits per heavy atom. The highest BCUT2D eigenvalue weighted by molar-refractivity contribution is 5.15. The molecule has 0 aliphatic rings. The quantitative estimate of drug-likeness (QED) is 0.0769. The van der Waals surface area contributed by atoms with Crippen LogP contribution in [0.15, 0.2) is 30.3 Å². The SMILES string of the molecule is CCCCCCCCCCCCCCC(C)(C)N(CCc1ccccc1)C(C)(C)CCCCCCCCCCCCCC. The first-order valence-electron chi connectivity index (χ1n) is 19.6. The van der Waals surface area contributed by atoms with Gasteiger partial charge < -0.3 is 0 Å². The molecule has 1 aromatic carbocycles. The second kappa shape index (κ2) is 26.4. The molecule has 0 amide bonds. The molecule has 43 heavy (non-hydrogen) atoms. The first-order valence-corrected chi connectivity index (χ1v) is 19.6. The van der Waals surface area contributed by atoms with Crippen molar-refractivity contribution in [3.8, 4) is 0 Å². The van der Waals surface area contributed by atoms with Crippen molar-refractivity contribution in [2.24, 2.45) is 0 Å². The van der Waals surface area contributed by atoms with Gasteiger partial charge in [-0.1, -0.05) is 198 Å². The van der Waals surface area contributed by atoms with Crippen LogP contribution in [0.2, 0.25) is 0 Å². The lowest BCUT2D eigenvalue weighted by Gasteiger charge is -2.49. The summed E-state index contributed by atoms with van der Waals surface area (Å²) in [5.41, 5.74) is 1.97. The molecule has 1 heteroatoms. The van der Waals surface area contributed by atoms with Crippen LogP contribution in [0.5, 0.6) is 0 Å². The van der Waals surface area contributed by atoms with E-state index in [1.807, 2.05) is 0 Å². The summed E-state index contributed by atoms with van der Waals surface area (Å²) in [7, 11) is 0. The lowest BCUT2D eigenvalue weighted by molar-refractivity contribution is 0.00402. The molecule has 0 saturated heterocycles. The Hall–Kier alpha value is -0.820. The van der Waals surface area contributed by atoms with Crippen LogP contribution in [-0.4, -0.2) is 22.5 Å². The van der Waals surface area contributed by atoms with E-state index >= 15 is 0 Å². The van der Waals surface area contributed by atoms with Gasteiger partial charge in [-0.15, -0.1) is 0 Å². The van der Waals surface area contributed by atoms with Gasteiger partial charge in [0.25, 0.3) is 0 Å². The Morgan fingerprint density at radius 1 is 0.419 bits per heavy atom. The van der Waals surface area contributed by atoms with Gasteiger partial charge in [0, 0.05) is 17.6 Å². The van der Waals surface area contributed by atoms with Gasteiger partial charge in [-0.25, -0.2) is 0 Å². The molecule has 0 unspecified atom stereocenters. The van der Waals surface area contributed by atoms with Crippen LogP contribution in [-0.2, 0) is 6.42 Å². The second-order valence-corrected chi connectivity index (χ2v) is 15.3. The van der Waals surface area contributed by atoms with Crippen LogP contribution in [0.1, 0.15) is 214 Å². The minimum absolute atomic E-state index is 0.244. The van der Waals surface area contributed by atoms with Crippen molar-refractivity contribution >= 4 is 0 Å². The molecule has 0 fully saturated rings. The van der Waals surface area contributed by atoms with Crippen LogP contribution >= 0.6 is 0 Å².